The fourth-order valence-electron chi connectivity index (χ4n) is 3.04. The van der Waals surface area contributed by atoms with Crippen LogP contribution in [-0.4, -0.2) is 31.9 Å². The second kappa shape index (κ2) is 3.88. The second-order valence-corrected chi connectivity index (χ2v) is 4.37. The molecule has 0 aromatic heterocycles. The van der Waals surface area contributed by atoms with Crippen molar-refractivity contribution in [2.75, 3.05) is 14.2 Å². The molecule has 2 fully saturated rings. The first kappa shape index (κ1) is 11.1. The zero-order chi connectivity index (χ0) is 11.9. The van der Waals surface area contributed by atoms with Gasteiger partial charge in [-0.05, 0) is 12.3 Å². The quantitative estimate of drug-likeness (QED) is 0.628. The summed E-state index contributed by atoms with van der Waals surface area (Å²) in [5.41, 5.74) is 0. The van der Waals surface area contributed by atoms with Crippen LogP contribution in [0.5, 0.6) is 0 Å². The van der Waals surface area contributed by atoms with Crippen LogP contribution in [-0.2, 0) is 23.9 Å². The van der Waals surface area contributed by atoms with Crippen LogP contribution in [0.15, 0.2) is 0 Å². The molecule has 2 bridgehead atoms. The average Bonchev–Trinajstić information content (AvgIpc) is 2.82. The van der Waals surface area contributed by atoms with Crippen molar-refractivity contribution < 1.29 is 23.9 Å². The van der Waals surface area contributed by atoms with Crippen LogP contribution in [0.25, 0.3) is 0 Å². The number of methoxy groups -OCH3 is 2. The fourth-order valence-corrected chi connectivity index (χ4v) is 3.04. The molecule has 0 radical (unpaired) electrons. The highest BCUT2D eigenvalue weighted by molar-refractivity contribution is 5.94. The number of ether oxygens (including phenoxy) is 2. The normalized spacial score (nSPS) is 36.2. The molecule has 0 amide bonds. The van der Waals surface area contributed by atoms with Crippen molar-refractivity contribution in [1.29, 1.82) is 0 Å². The molecule has 2 aliphatic rings. The third-order valence-electron chi connectivity index (χ3n) is 3.71. The summed E-state index contributed by atoms with van der Waals surface area (Å²) in [6, 6.07) is 0. The highest BCUT2D eigenvalue weighted by Gasteiger charge is 2.58. The largest absolute Gasteiger partial charge is 0.469 e. The third kappa shape index (κ3) is 1.42. The number of carbonyl (C=O) groups is 3. The van der Waals surface area contributed by atoms with Crippen LogP contribution < -0.4 is 0 Å². The van der Waals surface area contributed by atoms with E-state index in [1.54, 1.807) is 0 Å². The van der Waals surface area contributed by atoms with Gasteiger partial charge in [0, 0.05) is 12.3 Å². The lowest BCUT2D eigenvalue weighted by Gasteiger charge is -2.25. The van der Waals surface area contributed by atoms with E-state index in [4.69, 9.17) is 0 Å². The molecule has 0 spiro atoms. The summed E-state index contributed by atoms with van der Waals surface area (Å²) in [6.07, 6.45) is 0.996. The highest BCUT2D eigenvalue weighted by atomic mass is 16.5. The van der Waals surface area contributed by atoms with Crippen molar-refractivity contribution in [3.63, 3.8) is 0 Å². The number of ketones is 1. The van der Waals surface area contributed by atoms with Gasteiger partial charge in [0.25, 0.3) is 0 Å². The minimum absolute atomic E-state index is 0.0472. The van der Waals surface area contributed by atoms with Gasteiger partial charge in [-0.3, -0.25) is 14.4 Å². The molecule has 5 heteroatoms. The molecular weight excluding hydrogens is 212 g/mol. The zero-order valence-corrected chi connectivity index (χ0v) is 9.26. The SMILES string of the molecule is COC(=O)[C@@H]1[C@@H](C(=O)OC)[C@H]2CC(=O)[C@H]1C2. The van der Waals surface area contributed by atoms with Gasteiger partial charge in [0.05, 0.1) is 26.1 Å². The van der Waals surface area contributed by atoms with Crippen LogP contribution in [0.1, 0.15) is 12.8 Å². The van der Waals surface area contributed by atoms with Gasteiger partial charge in [0.15, 0.2) is 0 Å². The summed E-state index contributed by atoms with van der Waals surface area (Å²) >= 11 is 0. The van der Waals surface area contributed by atoms with Gasteiger partial charge >= 0.3 is 11.9 Å². The van der Waals surface area contributed by atoms with Gasteiger partial charge in [0.2, 0.25) is 0 Å². The molecule has 0 aromatic carbocycles. The summed E-state index contributed by atoms with van der Waals surface area (Å²) in [4.78, 5) is 34.8. The first-order valence-corrected chi connectivity index (χ1v) is 5.28. The maximum Gasteiger partial charge on any atom is 0.310 e. The van der Waals surface area contributed by atoms with E-state index in [0.717, 1.165) is 0 Å². The van der Waals surface area contributed by atoms with Crippen LogP contribution in [0.2, 0.25) is 0 Å². The molecule has 2 aliphatic carbocycles. The van der Waals surface area contributed by atoms with Crippen molar-refractivity contribution in [1.82, 2.24) is 0 Å². The summed E-state index contributed by atoms with van der Waals surface area (Å²) in [5, 5.41) is 0. The molecule has 0 aliphatic heterocycles. The maximum absolute atomic E-state index is 11.6. The molecular formula is C11H14O5. The average molecular weight is 226 g/mol. The van der Waals surface area contributed by atoms with E-state index in [1.807, 2.05) is 0 Å². The lowest BCUT2D eigenvalue weighted by atomic mass is 9.78. The monoisotopic (exact) mass is 226 g/mol. The standard InChI is InChI=1S/C11H14O5/c1-15-10(13)8-5-3-6(7(12)4-5)9(8)11(14)16-2/h5-6,8-9H,3-4H2,1-2H3/t5-,6-,8+,9+/m1/s1. The van der Waals surface area contributed by atoms with Crippen LogP contribution in [0.3, 0.4) is 0 Å². The number of Topliss-reactive ketones (excluding diaryl/α,β-unsaturated/α-hetero) is 1. The van der Waals surface area contributed by atoms with Gasteiger partial charge in [0.1, 0.15) is 5.78 Å². The Bertz CT molecular complexity index is 348. The Kier molecular flexibility index (Phi) is 2.69. The molecule has 0 aromatic rings. The Morgan fingerprint density at radius 1 is 1.12 bits per heavy atom. The highest BCUT2D eigenvalue weighted by Crippen LogP contribution is 2.51. The molecule has 2 rings (SSSR count). The van der Waals surface area contributed by atoms with E-state index in [2.05, 4.69) is 9.47 Å². The van der Waals surface area contributed by atoms with E-state index in [9.17, 15) is 14.4 Å². The predicted octanol–water partition coefficient (Wildman–Crippen LogP) is 0.174. The number of hydrogen-bond donors (Lipinski definition) is 0. The molecule has 5 nitrogen and oxygen atoms in total. The van der Waals surface area contributed by atoms with Gasteiger partial charge < -0.3 is 9.47 Å². The Balaban J connectivity index is 2.27. The van der Waals surface area contributed by atoms with Crippen LogP contribution in [0, 0.1) is 23.7 Å². The van der Waals surface area contributed by atoms with E-state index >= 15 is 0 Å². The Hall–Kier alpha value is -1.39. The van der Waals surface area contributed by atoms with Crippen molar-refractivity contribution in [2.45, 2.75) is 12.8 Å². The molecule has 4 atom stereocenters. The smallest absolute Gasteiger partial charge is 0.310 e. The number of esters is 2. The Morgan fingerprint density at radius 2 is 1.69 bits per heavy atom. The first-order chi connectivity index (χ1) is 7.60. The minimum atomic E-state index is -0.635. The summed E-state index contributed by atoms with van der Waals surface area (Å²) in [6.45, 7) is 0. The topological polar surface area (TPSA) is 69.7 Å². The molecule has 0 N–H and O–H groups in total. The van der Waals surface area contributed by atoms with Gasteiger partial charge in [-0.15, -0.1) is 0 Å². The molecule has 0 unspecified atom stereocenters. The van der Waals surface area contributed by atoms with Gasteiger partial charge in [-0.1, -0.05) is 0 Å². The van der Waals surface area contributed by atoms with Crippen molar-refractivity contribution in [3.8, 4) is 0 Å². The summed E-state index contributed by atoms with van der Waals surface area (Å²) in [5.74, 6) is -2.34. The molecule has 16 heavy (non-hydrogen) atoms. The van der Waals surface area contributed by atoms with Crippen LogP contribution in [0.4, 0.5) is 0 Å². The number of fused-ring (bicyclic) bond motifs is 2. The lowest BCUT2D eigenvalue weighted by molar-refractivity contribution is -0.161. The van der Waals surface area contributed by atoms with Crippen molar-refractivity contribution in [3.05, 3.63) is 0 Å². The van der Waals surface area contributed by atoms with Gasteiger partial charge in [-0.2, -0.15) is 0 Å². The summed E-state index contributed by atoms with van der Waals surface area (Å²) < 4.78 is 9.35. The molecule has 0 saturated heterocycles. The van der Waals surface area contributed by atoms with E-state index in [-0.39, 0.29) is 17.6 Å². The minimum Gasteiger partial charge on any atom is -0.469 e. The zero-order valence-electron chi connectivity index (χ0n) is 9.26. The number of carbonyl (C=O) groups excluding carboxylic acids is 3. The third-order valence-corrected chi connectivity index (χ3v) is 3.71. The molecule has 88 valence electrons. The van der Waals surface area contributed by atoms with Gasteiger partial charge in [-0.25, -0.2) is 0 Å². The second-order valence-electron chi connectivity index (χ2n) is 4.37. The first-order valence-electron chi connectivity index (χ1n) is 5.28. The van der Waals surface area contributed by atoms with E-state index in [1.165, 1.54) is 14.2 Å². The van der Waals surface area contributed by atoms with Crippen molar-refractivity contribution in [2.24, 2.45) is 23.7 Å². The Morgan fingerprint density at radius 3 is 2.25 bits per heavy atom. The predicted molar refractivity (Wildman–Crippen MR) is 52.2 cm³/mol. The van der Waals surface area contributed by atoms with Crippen molar-refractivity contribution >= 4 is 17.7 Å². The maximum atomic E-state index is 11.6. The summed E-state index contributed by atoms with van der Waals surface area (Å²) in [7, 11) is 2.57. The lowest BCUT2D eigenvalue weighted by Crippen LogP contribution is -2.39. The van der Waals surface area contributed by atoms with E-state index < -0.39 is 23.8 Å². The fraction of sp³-hybridized carbons (Fsp3) is 0.727. The number of rotatable bonds is 2. The number of hydrogen-bond acceptors (Lipinski definition) is 5. The Labute approximate surface area is 93.1 Å². The van der Waals surface area contributed by atoms with Crippen LogP contribution >= 0.6 is 0 Å². The molecule has 2 saturated carbocycles. The molecule has 0 heterocycles. The van der Waals surface area contributed by atoms with E-state index in [0.29, 0.717) is 12.8 Å².